The van der Waals surface area contributed by atoms with Crippen LogP contribution in [-0.2, 0) is 11.8 Å². The monoisotopic (exact) mass is 351 g/mol. The van der Waals surface area contributed by atoms with E-state index >= 15 is 0 Å². The molecule has 3 unspecified atom stereocenters. The normalized spacial score (nSPS) is 30.9. The third kappa shape index (κ3) is 3.15. The lowest BCUT2D eigenvalue weighted by molar-refractivity contribution is 0.00687. The summed E-state index contributed by atoms with van der Waals surface area (Å²) < 4.78 is 0. The number of phenolic OH excluding ortho intramolecular Hbond substituents is 1. The van der Waals surface area contributed by atoms with E-state index in [1.54, 1.807) is 6.07 Å². The zero-order valence-electron chi connectivity index (χ0n) is 15.3. The van der Waals surface area contributed by atoms with Gasteiger partial charge in [0.05, 0.1) is 0 Å². The second-order valence-corrected chi connectivity index (χ2v) is 8.24. The van der Waals surface area contributed by atoms with Gasteiger partial charge in [0.1, 0.15) is 5.75 Å². The summed E-state index contributed by atoms with van der Waals surface area (Å²) in [5, 5.41) is 23.9. The molecule has 3 atom stereocenters. The second-order valence-electron chi connectivity index (χ2n) is 8.24. The van der Waals surface area contributed by atoms with E-state index in [-0.39, 0.29) is 17.6 Å². The predicted molar refractivity (Wildman–Crippen MR) is 104 cm³/mol. The lowest BCUT2D eigenvalue weighted by atomic mass is 9.54. The molecule has 26 heavy (non-hydrogen) atoms. The van der Waals surface area contributed by atoms with Gasteiger partial charge in [-0.25, -0.2) is 0 Å². The average molecular weight is 351 g/mol. The van der Waals surface area contributed by atoms with E-state index in [2.05, 4.69) is 41.7 Å². The molecule has 3 N–H and O–H groups in total. The molecule has 1 saturated heterocycles. The molecule has 2 aliphatic rings. The molecular formula is C23H29NO2. The third-order valence-electron chi connectivity index (χ3n) is 6.87. The second kappa shape index (κ2) is 7.05. The molecule has 2 aromatic carbocycles. The van der Waals surface area contributed by atoms with Crippen LogP contribution in [-0.4, -0.2) is 28.9 Å². The first-order valence-electron chi connectivity index (χ1n) is 9.85. The van der Waals surface area contributed by atoms with Gasteiger partial charge in [0.25, 0.3) is 0 Å². The van der Waals surface area contributed by atoms with Gasteiger partial charge in [-0.3, -0.25) is 0 Å². The molecule has 0 radical (unpaired) electrons. The number of aliphatic hydroxyl groups excluding tert-OH is 1. The van der Waals surface area contributed by atoms with Gasteiger partial charge in [-0.05, 0) is 73.7 Å². The largest absolute Gasteiger partial charge is 0.508 e. The Morgan fingerprint density at radius 1 is 1.04 bits per heavy atom. The van der Waals surface area contributed by atoms with Crippen molar-refractivity contribution in [2.24, 2.45) is 5.92 Å². The van der Waals surface area contributed by atoms with E-state index in [0.717, 1.165) is 45.1 Å². The van der Waals surface area contributed by atoms with Crippen molar-refractivity contribution < 1.29 is 10.2 Å². The molecule has 0 amide bonds. The van der Waals surface area contributed by atoms with Crippen LogP contribution in [0.25, 0.3) is 0 Å². The number of phenols is 1. The highest BCUT2D eigenvalue weighted by atomic mass is 16.3. The first kappa shape index (κ1) is 17.6. The van der Waals surface area contributed by atoms with E-state index in [9.17, 15) is 10.2 Å². The van der Waals surface area contributed by atoms with Crippen LogP contribution < -0.4 is 5.32 Å². The molecule has 1 saturated carbocycles. The minimum absolute atomic E-state index is 0.0213. The molecule has 2 fully saturated rings. The predicted octanol–water partition coefficient (Wildman–Crippen LogP) is 3.79. The topological polar surface area (TPSA) is 52.5 Å². The molecule has 138 valence electrons. The summed E-state index contributed by atoms with van der Waals surface area (Å²) in [4.78, 5) is 0. The lowest BCUT2D eigenvalue weighted by Gasteiger charge is -2.57. The zero-order valence-corrected chi connectivity index (χ0v) is 15.3. The number of fused-ring (bicyclic) bond motifs is 2. The Hall–Kier alpha value is -1.84. The van der Waals surface area contributed by atoms with Crippen molar-refractivity contribution in [1.29, 1.82) is 0 Å². The number of piperidine rings is 1. The van der Waals surface area contributed by atoms with Crippen LogP contribution in [0.4, 0.5) is 0 Å². The minimum atomic E-state index is -0.0213. The van der Waals surface area contributed by atoms with Crippen LogP contribution in [0.5, 0.6) is 5.75 Å². The van der Waals surface area contributed by atoms with Crippen molar-refractivity contribution in [3.63, 3.8) is 0 Å². The lowest BCUT2D eigenvalue weighted by Crippen LogP contribution is -2.64. The highest BCUT2D eigenvalue weighted by molar-refractivity contribution is 5.35. The van der Waals surface area contributed by atoms with E-state index in [0.29, 0.717) is 11.7 Å². The molecule has 1 aliphatic heterocycles. The molecule has 0 spiro atoms. The van der Waals surface area contributed by atoms with Crippen molar-refractivity contribution in [3.8, 4) is 5.75 Å². The van der Waals surface area contributed by atoms with E-state index in [4.69, 9.17) is 0 Å². The van der Waals surface area contributed by atoms with E-state index in [1.807, 2.05) is 12.1 Å². The maximum Gasteiger partial charge on any atom is 0.115 e. The van der Waals surface area contributed by atoms with Gasteiger partial charge in [-0.15, -0.1) is 0 Å². The summed E-state index contributed by atoms with van der Waals surface area (Å²) in [7, 11) is 0. The Bertz CT molecular complexity index is 747. The fourth-order valence-corrected chi connectivity index (χ4v) is 5.42. The summed E-state index contributed by atoms with van der Waals surface area (Å²) in [6.07, 6.45) is 6.34. The number of aromatic hydroxyl groups is 1. The van der Waals surface area contributed by atoms with Gasteiger partial charge in [0.2, 0.25) is 0 Å². The summed E-state index contributed by atoms with van der Waals surface area (Å²) in [5.41, 5.74) is 2.72. The maximum atomic E-state index is 10.1. The van der Waals surface area contributed by atoms with Crippen LogP contribution in [0.2, 0.25) is 0 Å². The standard InChI is InChI=1S/C23H29NO2/c25-16-20-10-11-22(19-7-4-8-21(26)15-19)13-14-24-23(20,17-22)12-9-18-5-2-1-3-6-18/h1-8,15,20,24-26H,9-14,16-17H2. The fraction of sp³-hybridized carbons (Fsp3) is 0.478. The highest BCUT2D eigenvalue weighted by Crippen LogP contribution is 2.52. The van der Waals surface area contributed by atoms with Crippen LogP contribution in [0.15, 0.2) is 54.6 Å². The Kier molecular flexibility index (Phi) is 4.76. The molecule has 3 heteroatoms. The van der Waals surface area contributed by atoms with Gasteiger partial charge in [-0.2, -0.15) is 0 Å². The highest BCUT2D eigenvalue weighted by Gasteiger charge is 2.52. The quantitative estimate of drug-likeness (QED) is 0.768. The minimum Gasteiger partial charge on any atom is -0.508 e. The molecule has 2 aromatic rings. The maximum absolute atomic E-state index is 10.1. The molecule has 1 heterocycles. The van der Waals surface area contributed by atoms with E-state index < -0.39 is 0 Å². The van der Waals surface area contributed by atoms with Crippen molar-refractivity contribution in [1.82, 2.24) is 5.32 Å². The van der Waals surface area contributed by atoms with Crippen molar-refractivity contribution in [2.45, 2.75) is 49.5 Å². The van der Waals surface area contributed by atoms with Crippen molar-refractivity contribution in [3.05, 3.63) is 65.7 Å². The number of aliphatic hydroxyl groups is 1. The molecule has 4 rings (SSSR count). The van der Waals surface area contributed by atoms with Crippen LogP contribution in [0.3, 0.4) is 0 Å². The third-order valence-corrected chi connectivity index (χ3v) is 6.87. The summed E-state index contributed by atoms with van der Waals surface area (Å²) in [6, 6.07) is 18.5. The molecular weight excluding hydrogens is 322 g/mol. The Morgan fingerprint density at radius 3 is 2.65 bits per heavy atom. The molecule has 0 aromatic heterocycles. The van der Waals surface area contributed by atoms with Gasteiger partial charge in [-0.1, -0.05) is 42.5 Å². The van der Waals surface area contributed by atoms with Crippen LogP contribution >= 0.6 is 0 Å². The average Bonchev–Trinajstić information content (AvgIpc) is 2.68. The smallest absolute Gasteiger partial charge is 0.115 e. The van der Waals surface area contributed by atoms with Gasteiger partial charge in [0, 0.05) is 18.1 Å². The van der Waals surface area contributed by atoms with Gasteiger partial charge in [0.15, 0.2) is 0 Å². The first-order chi connectivity index (χ1) is 12.7. The Morgan fingerprint density at radius 2 is 1.88 bits per heavy atom. The summed E-state index contributed by atoms with van der Waals surface area (Å²) in [5.74, 6) is 0.659. The van der Waals surface area contributed by atoms with Crippen molar-refractivity contribution in [2.75, 3.05) is 13.2 Å². The first-order valence-corrected chi connectivity index (χ1v) is 9.85. The fourth-order valence-electron chi connectivity index (χ4n) is 5.42. The number of nitrogens with one attached hydrogen (secondary N) is 1. The van der Waals surface area contributed by atoms with Gasteiger partial charge >= 0.3 is 0 Å². The number of rotatable bonds is 5. The number of aryl methyl sites for hydroxylation is 1. The summed E-state index contributed by atoms with van der Waals surface area (Å²) >= 11 is 0. The van der Waals surface area contributed by atoms with Crippen LogP contribution in [0, 0.1) is 5.92 Å². The molecule has 2 bridgehead atoms. The van der Waals surface area contributed by atoms with Gasteiger partial charge < -0.3 is 15.5 Å². The van der Waals surface area contributed by atoms with E-state index in [1.165, 1.54) is 11.1 Å². The number of benzene rings is 2. The molecule has 1 aliphatic carbocycles. The number of hydrogen-bond acceptors (Lipinski definition) is 3. The Labute approximate surface area is 156 Å². The SMILES string of the molecule is OCC1CCC2(c3cccc(O)c3)CCNC1(CCc1ccccc1)C2. The zero-order chi connectivity index (χ0) is 18.0. The Balaban J connectivity index is 1.63. The number of hydrogen-bond donors (Lipinski definition) is 3. The van der Waals surface area contributed by atoms with Crippen molar-refractivity contribution >= 4 is 0 Å². The van der Waals surface area contributed by atoms with Crippen LogP contribution in [0.1, 0.15) is 43.2 Å². The molecule has 3 nitrogen and oxygen atoms in total. The summed E-state index contributed by atoms with van der Waals surface area (Å²) in [6.45, 7) is 1.22.